The maximum Gasteiger partial charge on any atom is 0.135 e. The summed E-state index contributed by atoms with van der Waals surface area (Å²) in [5, 5.41) is 12.5. The number of rotatable bonds is 1. The van der Waals surface area contributed by atoms with E-state index in [2.05, 4.69) is 17.2 Å². The Morgan fingerprint density at radius 3 is 2.92 bits per heavy atom. The minimum absolute atomic E-state index is 0.0675. The summed E-state index contributed by atoms with van der Waals surface area (Å²) in [5.74, 6) is 5.83. The van der Waals surface area contributed by atoms with Gasteiger partial charge in [-0.3, -0.25) is 0 Å². The number of halogens is 1. The van der Waals surface area contributed by atoms with E-state index in [-0.39, 0.29) is 5.75 Å². The topological polar surface area (TPSA) is 32.3 Å². The molecule has 0 heterocycles. The Bertz CT molecular complexity index is 352. The van der Waals surface area contributed by atoms with Gasteiger partial charge in [0.2, 0.25) is 0 Å². The van der Waals surface area contributed by atoms with Crippen molar-refractivity contribution < 1.29 is 5.11 Å². The van der Waals surface area contributed by atoms with Gasteiger partial charge in [-0.15, -0.1) is 0 Å². The number of hydrogen-bond acceptors (Lipinski definition) is 2. The van der Waals surface area contributed by atoms with Gasteiger partial charge in [0.15, 0.2) is 0 Å². The van der Waals surface area contributed by atoms with E-state index in [1.807, 2.05) is 7.05 Å². The van der Waals surface area contributed by atoms with E-state index in [1.165, 1.54) is 0 Å². The predicted octanol–water partition coefficient (Wildman–Crippen LogP) is 1.62. The zero-order valence-electron chi connectivity index (χ0n) is 7.26. The average Bonchev–Trinajstić information content (AvgIpc) is 2.12. The molecule has 1 aromatic rings. The van der Waals surface area contributed by atoms with Gasteiger partial charge in [-0.25, -0.2) is 0 Å². The lowest BCUT2D eigenvalue weighted by Gasteiger charge is -1.95. The highest BCUT2D eigenvalue weighted by Gasteiger charge is 1.96. The van der Waals surface area contributed by atoms with Crippen LogP contribution in [-0.2, 0) is 0 Å². The quantitative estimate of drug-likeness (QED) is 0.668. The molecule has 0 fully saturated rings. The summed E-state index contributed by atoms with van der Waals surface area (Å²) in [6, 6.07) is 4.94. The van der Waals surface area contributed by atoms with Crippen LogP contribution >= 0.6 is 11.6 Å². The summed E-state index contributed by atoms with van der Waals surface area (Å²) in [4.78, 5) is 0. The molecule has 0 atom stereocenters. The van der Waals surface area contributed by atoms with Gasteiger partial charge in [0.25, 0.3) is 0 Å². The Morgan fingerprint density at radius 1 is 1.54 bits per heavy atom. The molecule has 0 unspecified atom stereocenters. The second-order valence-electron chi connectivity index (χ2n) is 2.50. The van der Waals surface area contributed by atoms with E-state index < -0.39 is 0 Å². The van der Waals surface area contributed by atoms with Crippen molar-refractivity contribution in [3.05, 3.63) is 28.8 Å². The van der Waals surface area contributed by atoms with Gasteiger partial charge in [-0.2, -0.15) is 0 Å². The SMILES string of the molecule is CNCC#Cc1ccc(Cl)c(O)c1. The van der Waals surface area contributed by atoms with Crippen LogP contribution in [0.2, 0.25) is 5.02 Å². The molecule has 0 saturated heterocycles. The molecule has 0 amide bonds. The van der Waals surface area contributed by atoms with E-state index >= 15 is 0 Å². The monoisotopic (exact) mass is 195 g/mol. The van der Waals surface area contributed by atoms with E-state index in [4.69, 9.17) is 11.6 Å². The van der Waals surface area contributed by atoms with Crippen molar-refractivity contribution in [1.82, 2.24) is 5.32 Å². The molecule has 1 rings (SSSR count). The fourth-order valence-corrected chi connectivity index (χ4v) is 0.943. The molecule has 0 aliphatic rings. The predicted molar refractivity (Wildman–Crippen MR) is 53.9 cm³/mol. The number of benzene rings is 1. The number of aromatic hydroxyl groups is 1. The molecule has 0 radical (unpaired) electrons. The molecule has 3 heteroatoms. The Morgan fingerprint density at radius 2 is 2.31 bits per heavy atom. The molecule has 0 aliphatic heterocycles. The van der Waals surface area contributed by atoms with Crippen LogP contribution in [0.3, 0.4) is 0 Å². The fraction of sp³-hybridized carbons (Fsp3) is 0.200. The van der Waals surface area contributed by atoms with Crippen LogP contribution in [0, 0.1) is 11.8 Å². The van der Waals surface area contributed by atoms with Gasteiger partial charge in [-0.1, -0.05) is 23.4 Å². The van der Waals surface area contributed by atoms with Gasteiger partial charge in [0, 0.05) is 5.56 Å². The summed E-state index contributed by atoms with van der Waals surface area (Å²) < 4.78 is 0. The second-order valence-corrected chi connectivity index (χ2v) is 2.91. The van der Waals surface area contributed by atoms with Crippen molar-refractivity contribution in [2.75, 3.05) is 13.6 Å². The average molecular weight is 196 g/mol. The minimum atomic E-state index is 0.0675. The zero-order chi connectivity index (χ0) is 9.68. The molecule has 0 spiro atoms. The fourth-order valence-electron chi connectivity index (χ4n) is 0.825. The highest BCUT2D eigenvalue weighted by atomic mass is 35.5. The van der Waals surface area contributed by atoms with Gasteiger partial charge in [0.05, 0.1) is 11.6 Å². The van der Waals surface area contributed by atoms with Crippen LogP contribution in [0.1, 0.15) is 5.56 Å². The Balaban J connectivity index is 2.81. The highest BCUT2D eigenvalue weighted by Crippen LogP contribution is 2.22. The molecule has 2 nitrogen and oxygen atoms in total. The van der Waals surface area contributed by atoms with Crippen LogP contribution in [0.5, 0.6) is 5.75 Å². The smallest absolute Gasteiger partial charge is 0.135 e. The first kappa shape index (κ1) is 9.91. The summed E-state index contributed by atoms with van der Waals surface area (Å²) in [7, 11) is 1.83. The molecule has 1 aromatic carbocycles. The molecule has 68 valence electrons. The second kappa shape index (κ2) is 4.76. The molecular formula is C10H10ClNO. The van der Waals surface area contributed by atoms with E-state index in [9.17, 15) is 5.11 Å². The maximum atomic E-state index is 9.24. The van der Waals surface area contributed by atoms with Crippen molar-refractivity contribution in [3.63, 3.8) is 0 Å². The molecule has 0 aliphatic carbocycles. The molecule has 0 aromatic heterocycles. The van der Waals surface area contributed by atoms with E-state index in [0.29, 0.717) is 11.6 Å². The zero-order valence-corrected chi connectivity index (χ0v) is 8.02. The first-order valence-electron chi connectivity index (χ1n) is 3.86. The Labute approximate surface area is 82.5 Å². The van der Waals surface area contributed by atoms with Crippen molar-refractivity contribution in [3.8, 4) is 17.6 Å². The number of hydrogen-bond donors (Lipinski definition) is 2. The number of nitrogens with one attached hydrogen (secondary N) is 1. The molecular weight excluding hydrogens is 186 g/mol. The Hall–Kier alpha value is -1.17. The molecule has 2 N–H and O–H groups in total. The van der Waals surface area contributed by atoms with Crippen molar-refractivity contribution >= 4 is 11.6 Å². The van der Waals surface area contributed by atoms with Gasteiger partial charge in [-0.05, 0) is 25.2 Å². The largest absolute Gasteiger partial charge is 0.506 e. The van der Waals surface area contributed by atoms with Crippen LogP contribution in [0.15, 0.2) is 18.2 Å². The van der Waals surface area contributed by atoms with Crippen molar-refractivity contribution in [1.29, 1.82) is 0 Å². The third-order valence-corrected chi connectivity index (χ3v) is 1.76. The number of phenolic OH excluding ortho intramolecular Hbond substituents is 1. The van der Waals surface area contributed by atoms with Crippen LogP contribution < -0.4 is 5.32 Å². The highest BCUT2D eigenvalue weighted by molar-refractivity contribution is 6.32. The summed E-state index contributed by atoms with van der Waals surface area (Å²) >= 11 is 5.63. The van der Waals surface area contributed by atoms with E-state index in [1.54, 1.807) is 18.2 Å². The first-order chi connectivity index (χ1) is 6.24. The van der Waals surface area contributed by atoms with Crippen molar-refractivity contribution in [2.24, 2.45) is 0 Å². The normalized spacial score (nSPS) is 9.08. The number of phenols is 1. The minimum Gasteiger partial charge on any atom is -0.506 e. The van der Waals surface area contributed by atoms with Crippen LogP contribution in [0.25, 0.3) is 0 Å². The van der Waals surface area contributed by atoms with Crippen molar-refractivity contribution in [2.45, 2.75) is 0 Å². The molecule has 0 saturated carbocycles. The standard InChI is InChI=1S/C10H10ClNO/c1-12-6-2-3-8-4-5-9(11)10(13)7-8/h4-5,7,12-13H,6H2,1H3. The van der Waals surface area contributed by atoms with Gasteiger partial charge >= 0.3 is 0 Å². The third kappa shape index (κ3) is 2.98. The van der Waals surface area contributed by atoms with Gasteiger partial charge in [0.1, 0.15) is 5.75 Å². The molecule has 0 bridgehead atoms. The lowest BCUT2D eigenvalue weighted by molar-refractivity contribution is 0.475. The van der Waals surface area contributed by atoms with E-state index in [0.717, 1.165) is 5.56 Å². The lowest BCUT2D eigenvalue weighted by Crippen LogP contribution is -2.04. The third-order valence-electron chi connectivity index (χ3n) is 1.44. The van der Waals surface area contributed by atoms with Crippen LogP contribution in [-0.4, -0.2) is 18.7 Å². The first-order valence-corrected chi connectivity index (χ1v) is 4.24. The maximum absolute atomic E-state index is 9.24. The molecule has 13 heavy (non-hydrogen) atoms. The van der Waals surface area contributed by atoms with Gasteiger partial charge < -0.3 is 10.4 Å². The van der Waals surface area contributed by atoms with Crippen LogP contribution in [0.4, 0.5) is 0 Å². The summed E-state index contributed by atoms with van der Waals surface area (Å²) in [6.45, 7) is 0.628. The lowest BCUT2D eigenvalue weighted by atomic mass is 10.2. The summed E-state index contributed by atoms with van der Waals surface area (Å²) in [5.41, 5.74) is 0.761. The summed E-state index contributed by atoms with van der Waals surface area (Å²) in [6.07, 6.45) is 0. The Kier molecular flexibility index (Phi) is 3.63.